The molecule has 0 amide bonds. The molecular weight excluding hydrogens is 289 g/mol. The minimum absolute atomic E-state index is 0.948. The number of H-pyrrole nitrogens is 1. The van der Waals surface area contributed by atoms with E-state index in [2.05, 4.69) is 57.6 Å². The molecule has 2 rings (SSSR count). The number of nitrogens with zero attached hydrogens (tertiary/aromatic N) is 2. The molecule has 0 bridgehead atoms. The first-order valence-electron chi connectivity index (χ1n) is 4.44. The van der Waals surface area contributed by atoms with Gasteiger partial charge in [0, 0.05) is 23.7 Å². The van der Waals surface area contributed by atoms with Crippen molar-refractivity contribution in [3.63, 3.8) is 0 Å². The van der Waals surface area contributed by atoms with E-state index < -0.39 is 0 Å². The van der Waals surface area contributed by atoms with Gasteiger partial charge >= 0.3 is 0 Å². The summed E-state index contributed by atoms with van der Waals surface area (Å²) in [5.41, 5.74) is 2.31. The number of nitrogens with one attached hydrogen (secondary N) is 1. The highest BCUT2D eigenvalue weighted by molar-refractivity contribution is 14.1. The maximum absolute atomic E-state index is 4.29. The van der Waals surface area contributed by atoms with E-state index >= 15 is 0 Å². The molecular formula is C10H12IN3. The fourth-order valence-electron chi connectivity index (χ4n) is 1.52. The largest absolute Gasteiger partial charge is 0.334 e. The van der Waals surface area contributed by atoms with Crippen molar-refractivity contribution in [2.75, 3.05) is 14.1 Å². The molecule has 0 fully saturated rings. The molecule has 0 aliphatic carbocycles. The Morgan fingerprint density at radius 1 is 1.50 bits per heavy atom. The Hall–Kier alpha value is -0.620. The molecule has 0 aliphatic rings. The predicted molar refractivity (Wildman–Crippen MR) is 66.2 cm³/mol. The standard InChI is InChI=1S/C10H12IN3/c1-14(2)6-8-7-4-3-5-12-10(7)13-9(8)11/h3-5H,6H2,1-2H3,(H,12,13). The van der Waals surface area contributed by atoms with Crippen LogP contribution in [-0.2, 0) is 6.54 Å². The Kier molecular flexibility index (Phi) is 2.73. The van der Waals surface area contributed by atoms with E-state index in [1.807, 2.05) is 12.3 Å². The molecule has 2 heterocycles. The highest BCUT2D eigenvalue weighted by Crippen LogP contribution is 2.22. The molecule has 0 radical (unpaired) electrons. The topological polar surface area (TPSA) is 31.9 Å². The number of aromatic amines is 1. The van der Waals surface area contributed by atoms with Crippen LogP contribution in [0.25, 0.3) is 11.0 Å². The monoisotopic (exact) mass is 301 g/mol. The summed E-state index contributed by atoms with van der Waals surface area (Å²) in [5, 5.41) is 1.23. The second kappa shape index (κ2) is 3.86. The molecule has 0 saturated carbocycles. The molecule has 0 unspecified atom stereocenters. The smallest absolute Gasteiger partial charge is 0.138 e. The average molecular weight is 301 g/mol. The van der Waals surface area contributed by atoms with Gasteiger partial charge < -0.3 is 9.88 Å². The zero-order valence-electron chi connectivity index (χ0n) is 8.21. The van der Waals surface area contributed by atoms with Crippen molar-refractivity contribution in [1.29, 1.82) is 0 Å². The summed E-state index contributed by atoms with van der Waals surface area (Å²) in [6.45, 7) is 0.948. The van der Waals surface area contributed by atoms with Gasteiger partial charge in [0.25, 0.3) is 0 Å². The number of fused-ring (bicyclic) bond motifs is 1. The van der Waals surface area contributed by atoms with Gasteiger partial charge in [0.2, 0.25) is 0 Å². The molecule has 2 aromatic heterocycles. The van der Waals surface area contributed by atoms with Crippen LogP contribution in [0.15, 0.2) is 18.3 Å². The molecule has 4 heteroatoms. The van der Waals surface area contributed by atoms with Gasteiger partial charge in [0.05, 0.1) is 3.70 Å². The number of aromatic nitrogens is 2. The van der Waals surface area contributed by atoms with Crippen molar-refractivity contribution in [3.05, 3.63) is 27.6 Å². The van der Waals surface area contributed by atoms with E-state index in [0.29, 0.717) is 0 Å². The van der Waals surface area contributed by atoms with Gasteiger partial charge in [0.15, 0.2) is 0 Å². The summed E-state index contributed by atoms with van der Waals surface area (Å²) < 4.78 is 1.19. The Labute approximate surface area is 96.7 Å². The van der Waals surface area contributed by atoms with Crippen molar-refractivity contribution in [2.45, 2.75) is 6.54 Å². The fourth-order valence-corrected chi connectivity index (χ4v) is 2.23. The first kappa shape index (κ1) is 9.92. The van der Waals surface area contributed by atoms with Crippen molar-refractivity contribution in [2.24, 2.45) is 0 Å². The summed E-state index contributed by atoms with van der Waals surface area (Å²) in [7, 11) is 4.15. The number of hydrogen-bond donors (Lipinski definition) is 1. The van der Waals surface area contributed by atoms with Gasteiger partial charge in [-0.15, -0.1) is 0 Å². The molecule has 14 heavy (non-hydrogen) atoms. The zero-order chi connectivity index (χ0) is 10.1. The number of hydrogen-bond acceptors (Lipinski definition) is 2. The number of halogens is 1. The lowest BCUT2D eigenvalue weighted by atomic mass is 10.2. The van der Waals surface area contributed by atoms with Gasteiger partial charge in [-0.05, 0) is 48.8 Å². The van der Waals surface area contributed by atoms with Gasteiger partial charge in [-0.25, -0.2) is 4.98 Å². The lowest BCUT2D eigenvalue weighted by Crippen LogP contribution is -2.11. The van der Waals surface area contributed by atoms with Crippen molar-refractivity contribution < 1.29 is 0 Å². The van der Waals surface area contributed by atoms with E-state index in [-0.39, 0.29) is 0 Å². The Balaban J connectivity index is 2.56. The average Bonchev–Trinajstić information content (AvgIpc) is 2.43. The van der Waals surface area contributed by atoms with Crippen LogP contribution in [0.2, 0.25) is 0 Å². The zero-order valence-corrected chi connectivity index (χ0v) is 10.4. The third-order valence-corrected chi connectivity index (χ3v) is 3.02. The van der Waals surface area contributed by atoms with Crippen LogP contribution in [0.1, 0.15) is 5.56 Å². The van der Waals surface area contributed by atoms with Crippen LogP contribution in [0.4, 0.5) is 0 Å². The van der Waals surface area contributed by atoms with Crippen LogP contribution >= 0.6 is 22.6 Å². The fraction of sp³-hybridized carbons (Fsp3) is 0.300. The summed E-state index contributed by atoms with van der Waals surface area (Å²) in [4.78, 5) is 9.74. The van der Waals surface area contributed by atoms with Crippen molar-refractivity contribution in [3.8, 4) is 0 Å². The van der Waals surface area contributed by atoms with Crippen molar-refractivity contribution >= 4 is 33.6 Å². The predicted octanol–water partition coefficient (Wildman–Crippen LogP) is 2.23. The molecule has 0 aromatic carbocycles. The number of rotatable bonds is 2. The maximum Gasteiger partial charge on any atom is 0.138 e. The third kappa shape index (κ3) is 1.76. The minimum Gasteiger partial charge on any atom is -0.334 e. The molecule has 0 aliphatic heterocycles. The molecule has 0 spiro atoms. The van der Waals surface area contributed by atoms with E-state index in [1.54, 1.807) is 0 Å². The molecule has 74 valence electrons. The van der Waals surface area contributed by atoms with Crippen LogP contribution in [0.3, 0.4) is 0 Å². The first-order valence-corrected chi connectivity index (χ1v) is 5.52. The van der Waals surface area contributed by atoms with Gasteiger partial charge in [-0.2, -0.15) is 0 Å². The molecule has 1 N–H and O–H groups in total. The Morgan fingerprint density at radius 3 is 3.00 bits per heavy atom. The molecule has 2 aromatic rings. The summed E-state index contributed by atoms with van der Waals surface area (Å²) >= 11 is 2.32. The highest BCUT2D eigenvalue weighted by atomic mass is 127. The van der Waals surface area contributed by atoms with E-state index in [4.69, 9.17) is 0 Å². The summed E-state index contributed by atoms with van der Waals surface area (Å²) in [6.07, 6.45) is 1.81. The SMILES string of the molecule is CN(C)Cc1c(I)[nH]c2ncccc12. The molecule has 3 nitrogen and oxygen atoms in total. The van der Waals surface area contributed by atoms with Crippen LogP contribution in [0.5, 0.6) is 0 Å². The van der Waals surface area contributed by atoms with Gasteiger partial charge in [0.1, 0.15) is 5.65 Å². The van der Waals surface area contributed by atoms with Crippen molar-refractivity contribution in [1.82, 2.24) is 14.9 Å². The molecule has 0 saturated heterocycles. The van der Waals surface area contributed by atoms with Crippen LogP contribution < -0.4 is 0 Å². The summed E-state index contributed by atoms with van der Waals surface area (Å²) in [6, 6.07) is 4.09. The minimum atomic E-state index is 0.948. The maximum atomic E-state index is 4.29. The normalized spacial score (nSPS) is 11.4. The second-order valence-corrected chi connectivity index (χ2v) is 4.63. The Bertz CT molecular complexity index is 448. The second-order valence-electron chi connectivity index (χ2n) is 3.55. The quantitative estimate of drug-likeness (QED) is 0.863. The first-order chi connectivity index (χ1) is 6.68. The third-order valence-electron chi connectivity index (χ3n) is 2.10. The van der Waals surface area contributed by atoms with Crippen LogP contribution in [-0.4, -0.2) is 29.0 Å². The lowest BCUT2D eigenvalue weighted by Gasteiger charge is -2.08. The van der Waals surface area contributed by atoms with E-state index in [1.165, 1.54) is 14.7 Å². The Morgan fingerprint density at radius 2 is 2.29 bits per heavy atom. The van der Waals surface area contributed by atoms with E-state index in [0.717, 1.165) is 12.2 Å². The lowest BCUT2D eigenvalue weighted by molar-refractivity contribution is 0.403. The number of pyridine rings is 1. The van der Waals surface area contributed by atoms with Gasteiger partial charge in [-0.1, -0.05) is 0 Å². The van der Waals surface area contributed by atoms with Gasteiger partial charge in [-0.3, -0.25) is 0 Å². The summed E-state index contributed by atoms with van der Waals surface area (Å²) in [5.74, 6) is 0. The van der Waals surface area contributed by atoms with E-state index in [9.17, 15) is 0 Å². The van der Waals surface area contributed by atoms with Crippen LogP contribution in [0, 0.1) is 3.70 Å². The highest BCUT2D eigenvalue weighted by Gasteiger charge is 2.09. The molecule has 0 atom stereocenters.